The molecule has 2 unspecified atom stereocenters. The Labute approximate surface area is 101 Å². The number of nitrogens with zero attached hydrogens (tertiary/aromatic N) is 3. The van der Waals surface area contributed by atoms with Gasteiger partial charge in [0.25, 0.3) is 0 Å². The molecule has 1 aliphatic rings. The van der Waals surface area contributed by atoms with Crippen LogP contribution >= 0.6 is 0 Å². The smallest absolute Gasteiger partial charge is 0.310 e. The molecule has 1 saturated carbocycles. The maximum absolute atomic E-state index is 11.5. The first kappa shape index (κ1) is 12.1. The summed E-state index contributed by atoms with van der Waals surface area (Å²) in [4.78, 5) is 11.5. The lowest BCUT2D eigenvalue weighted by Gasteiger charge is -2.23. The summed E-state index contributed by atoms with van der Waals surface area (Å²) in [5.41, 5.74) is 0.170. The van der Waals surface area contributed by atoms with Crippen molar-refractivity contribution in [3.63, 3.8) is 0 Å². The number of carbonyl (C=O) groups is 1. The lowest BCUT2D eigenvalue weighted by molar-refractivity contribution is -0.148. The molecule has 0 bridgehead atoms. The third kappa shape index (κ3) is 2.33. The highest BCUT2D eigenvalue weighted by atomic mass is 16.4. The maximum atomic E-state index is 11.5. The largest absolute Gasteiger partial charge is 0.481 e. The van der Waals surface area contributed by atoms with Gasteiger partial charge in [-0.1, -0.05) is 18.6 Å². The van der Waals surface area contributed by atoms with Gasteiger partial charge in [0.15, 0.2) is 0 Å². The van der Waals surface area contributed by atoms with Crippen LogP contribution < -0.4 is 0 Å². The Bertz CT molecular complexity index is 416. The number of rotatable bonds is 4. The molecular weight excluding hydrogens is 218 g/mol. The van der Waals surface area contributed by atoms with Crippen molar-refractivity contribution in [1.29, 1.82) is 0 Å². The minimum absolute atomic E-state index is 0.507. The highest BCUT2D eigenvalue weighted by Gasteiger charge is 2.45. The van der Waals surface area contributed by atoms with E-state index in [1.807, 2.05) is 6.20 Å². The molecule has 5 heteroatoms. The molecule has 5 nitrogen and oxygen atoms in total. The zero-order valence-electron chi connectivity index (χ0n) is 10.4. The van der Waals surface area contributed by atoms with Crippen molar-refractivity contribution < 1.29 is 9.90 Å². The molecule has 1 aromatic rings. The van der Waals surface area contributed by atoms with Gasteiger partial charge >= 0.3 is 5.97 Å². The summed E-state index contributed by atoms with van der Waals surface area (Å²) < 4.78 is 1.62. The van der Waals surface area contributed by atoms with Gasteiger partial charge in [0, 0.05) is 19.7 Å². The van der Waals surface area contributed by atoms with Gasteiger partial charge in [-0.3, -0.25) is 9.48 Å². The van der Waals surface area contributed by atoms with Gasteiger partial charge in [-0.15, -0.1) is 5.10 Å². The summed E-state index contributed by atoms with van der Waals surface area (Å²) >= 11 is 0. The quantitative estimate of drug-likeness (QED) is 0.864. The maximum Gasteiger partial charge on any atom is 0.310 e. The zero-order chi connectivity index (χ0) is 12.5. The third-order valence-corrected chi connectivity index (χ3v) is 3.91. The van der Waals surface area contributed by atoms with Crippen LogP contribution in [0.3, 0.4) is 0 Å². The summed E-state index contributed by atoms with van der Waals surface area (Å²) in [5, 5.41) is 17.4. The van der Waals surface area contributed by atoms with E-state index in [2.05, 4.69) is 17.2 Å². The average Bonchev–Trinajstić information content (AvgIpc) is 2.87. The fourth-order valence-electron chi connectivity index (χ4n) is 2.84. The normalized spacial score (nSPS) is 28.5. The van der Waals surface area contributed by atoms with E-state index in [0.717, 1.165) is 31.4 Å². The van der Waals surface area contributed by atoms with Crippen LogP contribution in [-0.4, -0.2) is 26.1 Å². The number of aromatic nitrogens is 3. The van der Waals surface area contributed by atoms with Crippen molar-refractivity contribution in [3.8, 4) is 0 Å². The fraction of sp³-hybridized carbons (Fsp3) is 0.750. The Morgan fingerprint density at radius 2 is 2.47 bits per heavy atom. The van der Waals surface area contributed by atoms with Gasteiger partial charge in [0.1, 0.15) is 0 Å². The van der Waals surface area contributed by atoms with Gasteiger partial charge in [-0.2, -0.15) is 0 Å². The average molecular weight is 237 g/mol. The molecule has 94 valence electrons. The van der Waals surface area contributed by atoms with Crippen molar-refractivity contribution in [1.82, 2.24) is 15.0 Å². The summed E-state index contributed by atoms with van der Waals surface area (Å²) in [5.74, 6) is -0.137. The van der Waals surface area contributed by atoms with E-state index in [1.165, 1.54) is 0 Å². The van der Waals surface area contributed by atoms with Gasteiger partial charge in [0.2, 0.25) is 0 Å². The molecule has 1 fully saturated rings. The van der Waals surface area contributed by atoms with Crippen LogP contribution in [0.1, 0.15) is 38.3 Å². The Morgan fingerprint density at radius 3 is 2.94 bits per heavy atom. The highest BCUT2D eigenvalue weighted by molar-refractivity contribution is 5.75. The number of carboxylic acids is 1. The topological polar surface area (TPSA) is 68.0 Å². The predicted molar refractivity (Wildman–Crippen MR) is 62.4 cm³/mol. The van der Waals surface area contributed by atoms with Gasteiger partial charge in [-0.05, 0) is 25.2 Å². The second kappa shape index (κ2) is 4.47. The first-order chi connectivity index (χ1) is 8.05. The van der Waals surface area contributed by atoms with Gasteiger partial charge < -0.3 is 5.11 Å². The number of carboxylic acid groups (broad SMARTS) is 1. The zero-order valence-corrected chi connectivity index (χ0v) is 10.4. The number of hydrogen-bond acceptors (Lipinski definition) is 3. The first-order valence-corrected chi connectivity index (χ1v) is 6.14. The standard InChI is InChI=1S/C12H19N3O2/c1-3-9-4-5-12(6-9,11(16)17)7-10-8-15(2)14-13-10/h8-9H,3-7H2,1-2H3,(H,16,17). The molecule has 0 aliphatic heterocycles. The lowest BCUT2D eigenvalue weighted by atomic mass is 9.80. The summed E-state index contributed by atoms with van der Waals surface area (Å²) in [6.45, 7) is 2.13. The molecule has 0 spiro atoms. The molecule has 1 heterocycles. The second-order valence-corrected chi connectivity index (χ2v) is 5.16. The van der Waals surface area contributed by atoms with Crippen LogP contribution in [0.5, 0.6) is 0 Å². The van der Waals surface area contributed by atoms with Crippen LogP contribution in [0, 0.1) is 11.3 Å². The molecule has 0 aromatic carbocycles. The molecule has 17 heavy (non-hydrogen) atoms. The molecule has 2 rings (SSSR count). The summed E-state index contributed by atoms with van der Waals surface area (Å²) in [6, 6.07) is 0. The van der Waals surface area contributed by atoms with Crippen molar-refractivity contribution in [2.45, 2.75) is 39.0 Å². The summed E-state index contributed by atoms with van der Waals surface area (Å²) in [7, 11) is 1.80. The minimum Gasteiger partial charge on any atom is -0.481 e. The lowest BCUT2D eigenvalue weighted by Crippen LogP contribution is -2.31. The van der Waals surface area contributed by atoms with Crippen LogP contribution in [0.25, 0.3) is 0 Å². The minimum atomic E-state index is -0.681. The molecule has 0 saturated heterocycles. The van der Waals surface area contributed by atoms with E-state index in [-0.39, 0.29) is 0 Å². The monoisotopic (exact) mass is 237 g/mol. The number of aliphatic carboxylic acids is 1. The van der Waals surface area contributed by atoms with Crippen molar-refractivity contribution in [3.05, 3.63) is 11.9 Å². The molecule has 0 amide bonds. The van der Waals surface area contributed by atoms with Crippen LogP contribution in [0.2, 0.25) is 0 Å². The van der Waals surface area contributed by atoms with Crippen LogP contribution in [0.15, 0.2) is 6.20 Å². The molecule has 1 aliphatic carbocycles. The van der Waals surface area contributed by atoms with Crippen molar-refractivity contribution in [2.24, 2.45) is 18.4 Å². The van der Waals surface area contributed by atoms with Crippen LogP contribution in [-0.2, 0) is 18.3 Å². The second-order valence-electron chi connectivity index (χ2n) is 5.16. The van der Waals surface area contributed by atoms with E-state index in [0.29, 0.717) is 12.3 Å². The van der Waals surface area contributed by atoms with Gasteiger partial charge in [-0.25, -0.2) is 0 Å². The SMILES string of the molecule is CCC1CCC(Cc2cn(C)nn2)(C(=O)O)C1. The molecule has 1 aromatic heterocycles. The number of hydrogen-bond donors (Lipinski definition) is 1. The van der Waals surface area contributed by atoms with E-state index in [9.17, 15) is 9.90 Å². The van der Waals surface area contributed by atoms with E-state index in [1.54, 1.807) is 11.7 Å². The van der Waals surface area contributed by atoms with Gasteiger partial charge in [0.05, 0.1) is 11.1 Å². The number of aryl methyl sites for hydroxylation is 1. The molecule has 2 atom stereocenters. The first-order valence-electron chi connectivity index (χ1n) is 6.14. The van der Waals surface area contributed by atoms with Crippen molar-refractivity contribution in [2.75, 3.05) is 0 Å². The molecule has 0 radical (unpaired) electrons. The van der Waals surface area contributed by atoms with E-state index in [4.69, 9.17) is 0 Å². The Balaban J connectivity index is 2.16. The van der Waals surface area contributed by atoms with E-state index < -0.39 is 11.4 Å². The van der Waals surface area contributed by atoms with E-state index >= 15 is 0 Å². The van der Waals surface area contributed by atoms with Crippen molar-refractivity contribution >= 4 is 5.97 Å². The molecule has 1 N–H and O–H groups in total. The predicted octanol–water partition coefficient (Wildman–Crippen LogP) is 1.64. The summed E-state index contributed by atoms with van der Waals surface area (Å²) in [6.07, 6.45) is 5.93. The Kier molecular flexibility index (Phi) is 3.17. The van der Waals surface area contributed by atoms with Crippen LogP contribution in [0.4, 0.5) is 0 Å². The fourth-order valence-corrected chi connectivity index (χ4v) is 2.84. The third-order valence-electron chi connectivity index (χ3n) is 3.91. The Morgan fingerprint density at radius 1 is 1.71 bits per heavy atom. The highest BCUT2D eigenvalue weighted by Crippen LogP contribution is 2.45. The Hall–Kier alpha value is -1.39. The molecular formula is C12H19N3O2.